The second kappa shape index (κ2) is 6.84. The van der Waals surface area contributed by atoms with E-state index in [0.29, 0.717) is 10.6 Å². The van der Waals surface area contributed by atoms with Crippen LogP contribution in [0.2, 0.25) is 0 Å². The first-order valence-electron chi connectivity index (χ1n) is 7.34. The second-order valence-electron chi connectivity index (χ2n) is 5.25. The van der Waals surface area contributed by atoms with Gasteiger partial charge in [-0.25, -0.2) is 0 Å². The molecule has 1 aliphatic rings. The van der Waals surface area contributed by atoms with Crippen molar-refractivity contribution in [3.05, 3.63) is 40.4 Å². The minimum Gasteiger partial charge on any atom is -0.370 e. The summed E-state index contributed by atoms with van der Waals surface area (Å²) in [6.07, 6.45) is 3.56. The van der Waals surface area contributed by atoms with Crippen molar-refractivity contribution in [2.24, 2.45) is 5.10 Å². The molecule has 0 saturated carbocycles. The molecule has 7 nitrogen and oxygen atoms in total. The van der Waals surface area contributed by atoms with E-state index in [9.17, 15) is 4.79 Å². The Bertz CT molecular complexity index is 772. The molecule has 2 heterocycles. The van der Waals surface area contributed by atoms with Crippen LogP contribution in [0.1, 0.15) is 37.3 Å². The summed E-state index contributed by atoms with van der Waals surface area (Å²) >= 11 is 5.22. The molecule has 0 spiro atoms. The van der Waals surface area contributed by atoms with E-state index in [1.54, 1.807) is 10.9 Å². The summed E-state index contributed by atoms with van der Waals surface area (Å²) in [4.78, 5) is 11.0. The van der Waals surface area contributed by atoms with Crippen LogP contribution in [0, 0.1) is 4.77 Å². The minimum atomic E-state index is -0.0997. The Kier molecular flexibility index (Phi) is 4.63. The van der Waals surface area contributed by atoms with Crippen LogP contribution in [0.3, 0.4) is 0 Å². The Balaban J connectivity index is 1.78. The first kappa shape index (κ1) is 15.6. The lowest BCUT2D eigenvalue weighted by molar-refractivity contribution is -0.114. The third kappa shape index (κ3) is 3.72. The number of anilines is 1. The maximum absolute atomic E-state index is 11.0. The van der Waals surface area contributed by atoms with Gasteiger partial charge in [-0.3, -0.25) is 9.89 Å². The molecule has 1 aromatic carbocycles. The molecule has 1 fully saturated rings. The van der Waals surface area contributed by atoms with Crippen molar-refractivity contribution >= 4 is 30.0 Å². The van der Waals surface area contributed by atoms with Crippen LogP contribution >= 0.6 is 12.2 Å². The molecule has 0 unspecified atom stereocenters. The first-order valence-corrected chi connectivity index (χ1v) is 7.75. The lowest BCUT2D eigenvalue weighted by Crippen LogP contribution is -2.06. The Morgan fingerprint density at radius 3 is 2.96 bits per heavy atom. The van der Waals surface area contributed by atoms with E-state index in [4.69, 9.17) is 17.0 Å². The van der Waals surface area contributed by atoms with Gasteiger partial charge in [0, 0.05) is 19.2 Å². The van der Waals surface area contributed by atoms with Gasteiger partial charge in [0.25, 0.3) is 0 Å². The van der Waals surface area contributed by atoms with Crippen molar-refractivity contribution in [1.82, 2.24) is 14.9 Å². The third-order valence-corrected chi connectivity index (χ3v) is 3.71. The van der Waals surface area contributed by atoms with Crippen LogP contribution in [-0.2, 0) is 9.53 Å². The highest BCUT2D eigenvalue weighted by Gasteiger charge is 2.23. The molecule has 1 saturated heterocycles. The predicted molar refractivity (Wildman–Crippen MR) is 89.1 cm³/mol. The highest BCUT2D eigenvalue weighted by molar-refractivity contribution is 7.71. The van der Waals surface area contributed by atoms with E-state index in [1.807, 2.05) is 24.3 Å². The molecule has 0 radical (unpaired) electrons. The number of hydrogen-bond donors (Lipinski definition) is 2. The summed E-state index contributed by atoms with van der Waals surface area (Å²) < 4.78 is 7.66. The van der Waals surface area contributed by atoms with Gasteiger partial charge in [0.2, 0.25) is 10.7 Å². The van der Waals surface area contributed by atoms with Gasteiger partial charge in [-0.15, -0.1) is 0 Å². The number of carbonyl (C=O) groups is 1. The number of nitrogens with one attached hydrogen (secondary N) is 2. The molecule has 2 aromatic rings. The molecule has 23 heavy (non-hydrogen) atoms. The molecule has 120 valence electrons. The molecule has 8 heteroatoms. The standard InChI is InChI=1S/C15H17N5O2S/c1-10(21)17-12-6-4-11(5-7-12)9-16-20-14(18-19-15(20)23)13-3-2-8-22-13/h4-7,9,13H,2-3,8H2,1H3,(H,17,21)(H,19,23)/b16-9-/t13-/m1/s1. The highest BCUT2D eigenvalue weighted by atomic mass is 32.1. The number of amides is 1. The van der Waals surface area contributed by atoms with Crippen molar-refractivity contribution in [3.8, 4) is 0 Å². The van der Waals surface area contributed by atoms with Crippen LogP contribution in [0.5, 0.6) is 0 Å². The SMILES string of the molecule is CC(=O)Nc1ccc(/C=N\n2c([C@H]3CCCO3)n[nH]c2=S)cc1. The summed E-state index contributed by atoms with van der Waals surface area (Å²) in [7, 11) is 0. The van der Waals surface area contributed by atoms with Crippen molar-refractivity contribution in [2.75, 3.05) is 11.9 Å². The fourth-order valence-electron chi connectivity index (χ4n) is 2.39. The molecule has 2 N–H and O–H groups in total. The van der Waals surface area contributed by atoms with E-state index >= 15 is 0 Å². The number of hydrogen-bond acceptors (Lipinski definition) is 5. The van der Waals surface area contributed by atoms with Gasteiger partial charge in [0.05, 0.1) is 6.21 Å². The minimum absolute atomic E-state index is 0.0674. The zero-order valence-electron chi connectivity index (χ0n) is 12.7. The summed E-state index contributed by atoms with van der Waals surface area (Å²) in [5.74, 6) is 0.593. The maximum atomic E-state index is 11.0. The van der Waals surface area contributed by atoms with Crippen molar-refractivity contribution in [3.63, 3.8) is 0 Å². The topological polar surface area (TPSA) is 84.3 Å². The van der Waals surface area contributed by atoms with Gasteiger partial charge < -0.3 is 10.1 Å². The average Bonchev–Trinajstić information content (AvgIpc) is 3.16. The first-order chi connectivity index (χ1) is 11.1. The van der Waals surface area contributed by atoms with E-state index in [0.717, 1.165) is 30.7 Å². The lowest BCUT2D eigenvalue weighted by Gasteiger charge is -2.07. The summed E-state index contributed by atoms with van der Waals surface area (Å²) in [5, 5.41) is 14.1. The number of benzene rings is 1. The molecule has 1 atom stereocenters. The third-order valence-electron chi connectivity index (χ3n) is 3.45. The van der Waals surface area contributed by atoms with E-state index in [1.165, 1.54) is 6.92 Å². The van der Waals surface area contributed by atoms with Crippen LogP contribution < -0.4 is 5.32 Å². The molecule has 1 amide bonds. The van der Waals surface area contributed by atoms with Crippen LogP contribution in [0.25, 0.3) is 0 Å². The molecule has 3 rings (SSSR count). The summed E-state index contributed by atoms with van der Waals surface area (Å²) in [6, 6.07) is 7.37. The molecule has 1 aliphatic heterocycles. The Labute approximate surface area is 138 Å². The van der Waals surface area contributed by atoms with E-state index in [2.05, 4.69) is 20.6 Å². The van der Waals surface area contributed by atoms with Gasteiger partial charge in [0.15, 0.2) is 5.82 Å². The van der Waals surface area contributed by atoms with Gasteiger partial charge in [-0.2, -0.15) is 14.9 Å². The van der Waals surface area contributed by atoms with Crippen LogP contribution in [0.4, 0.5) is 5.69 Å². The number of aromatic nitrogens is 3. The van der Waals surface area contributed by atoms with Gasteiger partial charge in [-0.1, -0.05) is 12.1 Å². The van der Waals surface area contributed by atoms with Crippen LogP contribution in [-0.4, -0.2) is 33.6 Å². The number of carbonyl (C=O) groups excluding carboxylic acids is 1. The zero-order chi connectivity index (χ0) is 16.2. The molecular formula is C15H17N5O2S. The Morgan fingerprint density at radius 2 is 2.30 bits per heavy atom. The van der Waals surface area contributed by atoms with Gasteiger partial charge in [-0.05, 0) is 42.8 Å². The predicted octanol–water partition coefficient (Wildman–Crippen LogP) is 2.63. The fraction of sp³-hybridized carbons (Fsp3) is 0.333. The largest absolute Gasteiger partial charge is 0.370 e. The van der Waals surface area contributed by atoms with E-state index in [-0.39, 0.29) is 12.0 Å². The Morgan fingerprint density at radius 1 is 1.52 bits per heavy atom. The highest BCUT2D eigenvalue weighted by Crippen LogP contribution is 2.26. The molecule has 1 aromatic heterocycles. The summed E-state index contributed by atoms with van der Waals surface area (Å²) in [6.45, 7) is 2.21. The molecular weight excluding hydrogens is 314 g/mol. The average molecular weight is 331 g/mol. The summed E-state index contributed by atoms with van der Waals surface area (Å²) in [5.41, 5.74) is 1.63. The van der Waals surface area contributed by atoms with Gasteiger partial charge >= 0.3 is 0 Å². The Hall–Kier alpha value is -2.32. The number of nitrogens with zero attached hydrogens (tertiary/aromatic N) is 3. The van der Waals surface area contributed by atoms with Crippen molar-refractivity contribution < 1.29 is 9.53 Å². The lowest BCUT2D eigenvalue weighted by atomic mass is 10.2. The monoisotopic (exact) mass is 331 g/mol. The molecule has 0 aliphatic carbocycles. The zero-order valence-corrected chi connectivity index (χ0v) is 13.5. The van der Waals surface area contributed by atoms with Gasteiger partial charge in [0.1, 0.15) is 6.10 Å². The quantitative estimate of drug-likeness (QED) is 0.666. The van der Waals surface area contributed by atoms with Crippen molar-refractivity contribution in [2.45, 2.75) is 25.9 Å². The smallest absolute Gasteiger partial charge is 0.221 e. The number of H-pyrrole nitrogens is 1. The van der Waals surface area contributed by atoms with E-state index < -0.39 is 0 Å². The number of rotatable bonds is 4. The second-order valence-corrected chi connectivity index (χ2v) is 5.63. The molecule has 0 bridgehead atoms. The number of ether oxygens (including phenoxy) is 1. The maximum Gasteiger partial charge on any atom is 0.221 e. The fourth-order valence-corrected chi connectivity index (χ4v) is 2.57. The normalized spacial score (nSPS) is 17.7. The van der Waals surface area contributed by atoms with Crippen molar-refractivity contribution in [1.29, 1.82) is 0 Å². The number of aromatic amines is 1. The van der Waals surface area contributed by atoms with Crippen LogP contribution in [0.15, 0.2) is 29.4 Å².